The molecule has 282 valence electrons. The largest absolute Gasteiger partial charge is 0.494 e. The number of esters is 4. The Balaban J connectivity index is 1.33. The fourth-order valence-electron chi connectivity index (χ4n) is 4.71. The fraction of sp³-hybridized carbons (Fsp3) is 0.349. The molecule has 0 spiro atoms. The predicted octanol–water partition coefficient (Wildman–Crippen LogP) is 8.95. The molecule has 53 heavy (non-hydrogen) atoms. The van der Waals surface area contributed by atoms with Crippen LogP contribution in [0.2, 0.25) is 0 Å². The van der Waals surface area contributed by atoms with Gasteiger partial charge in [-0.2, -0.15) is 0 Å². The summed E-state index contributed by atoms with van der Waals surface area (Å²) in [5.74, 6) is 0.275. The maximum atomic E-state index is 12.8. The summed E-state index contributed by atoms with van der Waals surface area (Å²) >= 11 is 0. The Bertz CT molecular complexity index is 1700. The Labute approximate surface area is 312 Å². The molecule has 10 nitrogen and oxygen atoms in total. The van der Waals surface area contributed by atoms with Crippen molar-refractivity contribution in [3.8, 4) is 23.0 Å². The molecule has 0 unspecified atom stereocenters. The molecule has 0 radical (unpaired) electrons. The lowest BCUT2D eigenvalue weighted by atomic mass is 10.2. The quantitative estimate of drug-likeness (QED) is 0.0405. The summed E-state index contributed by atoms with van der Waals surface area (Å²) in [6.45, 7) is 14.0. The topological polar surface area (TPSA) is 124 Å². The average molecular weight is 727 g/mol. The SMILES string of the molecule is C=C(C)C(=O)OCCCCCCOc1ccc(/C=C/C(=O)Oc2ccc(OC(=O)c3ccc(OCCCCCCOC(=O)C(=C)C)cc3)c(C)c2)cc1. The predicted molar refractivity (Wildman–Crippen MR) is 203 cm³/mol. The van der Waals surface area contributed by atoms with Gasteiger partial charge in [-0.1, -0.05) is 25.3 Å². The zero-order valence-corrected chi connectivity index (χ0v) is 31.0. The monoisotopic (exact) mass is 726 g/mol. The maximum absolute atomic E-state index is 12.8. The number of rotatable bonds is 23. The van der Waals surface area contributed by atoms with E-state index in [9.17, 15) is 19.2 Å². The molecule has 10 heteroatoms. The molecule has 0 atom stereocenters. The Morgan fingerprint density at radius 1 is 0.585 bits per heavy atom. The summed E-state index contributed by atoms with van der Waals surface area (Å²) in [5.41, 5.74) is 2.61. The van der Waals surface area contributed by atoms with E-state index in [1.165, 1.54) is 6.08 Å². The van der Waals surface area contributed by atoms with E-state index in [1.54, 1.807) is 69.3 Å². The summed E-state index contributed by atoms with van der Waals surface area (Å²) in [7, 11) is 0. The van der Waals surface area contributed by atoms with Crippen LogP contribution in [0.1, 0.15) is 86.7 Å². The van der Waals surface area contributed by atoms with Gasteiger partial charge in [-0.3, -0.25) is 0 Å². The van der Waals surface area contributed by atoms with Gasteiger partial charge in [0.05, 0.1) is 32.0 Å². The highest BCUT2D eigenvalue weighted by Crippen LogP contribution is 2.25. The van der Waals surface area contributed by atoms with E-state index >= 15 is 0 Å². The normalized spacial score (nSPS) is 10.7. The minimum Gasteiger partial charge on any atom is -0.494 e. The van der Waals surface area contributed by atoms with E-state index in [2.05, 4.69) is 13.2 Å². The van der Waals surface area contributed by atoms with Crippen LogP contribution in [0.4, 0.5) is 0 Å². The molecule has 0 saturated heterocycles. The van der Waals surface area contributed by atoms with Crippen LogP contribution in [0.25, 0.3) is 6.08 Å². The van der Waals surface area contributed by atoms with Crippen LogP contribution in [0.15, 0.2) is 97.1 Å². The smallest absolute Gasteiger partial charge is 0.343 e. The van der Waals surface area contributed by atoms with Crippen molar-refractivity contribution in [1.82, 2.24) is 0 Å². The van der Waals surface area contributed by atoms with Gasteiger partial charge in [-0.05, 0) is 144 Å². The number of carbonyl (C=O) groups is 4. The van der Waals surface area contributed by atoms with Crippen molar-refractivity contribution in [2.24, 2.45) is 0 Å². The average Bonchev–Trinajstić information content (AvgIpc) is 3.14. The molecule has 0 aromatic heterocycles. The van der Waals surface area contributed by atoms with Crippen LogP contribution in [-0.4, -0.2) is 50.3 Å². The van der Waals surface area contributed by atoms with Crippen molar-refractivity contribution in [2.75, 3.05) is 26.4 Å². The molecule has 0 heterocycles. The van der Waals surface area contributed by atoms with Crippen molar-refractivity contribution in [3.63, 3.8) is 0 Å². The standard InChI is InChI=1S/C43H50O10/c1-31(2)41(45)50-28-12-8-6-10-26-48-36-19-14-34(15-20-36)16-25-40(44)52-38-23-24-39(33(5)30-38)53-43(47)35-17-21-37(22-18-35)49-27-11-7-9-13-29-51-42(46)32(3)4/h14-25,30H,1,3,6-13,26-29H2,2,4-5H3/b25-16+. The van der Waals surface area contributed by atoms with Crippen LogP contribution >= 0.6 is 0 Å². The Kier molecular flexibility index (Phi) is 18.2. The third-order valence-electron chi connectivity index (χ3n) is 7.73. The summed E-state index contributed by atoms with van der Waals surface area (Å²) in [4.78, 5) is 48.0. The zero-order chi connectivity index (χ0) is 38.4. The summed E-state index contributed by atoms with van der Waals surface area (Å²) in [6.07, 6.45) is 10.1. The molecule has 0 aliphatic rings. The van der Waals surface area contributed by atoms with Crippen molar-refractivity contribution in [3.05, 3.63) is 114 Å². The number of hydrogen-bond acceptors (Lipinski definition) is 10. The van der Waals surface area contributed by atoms with Crippen LogP contribution in [0, 0.1) is 6.92 Å². The van der Waals surface area contributed by atoms with E-state index in [4.69, 9.17) is 28.4 Å². The zero-order valence-electron chi connectivity index (χ0n) is 31.0. The van der Waals surface area contributed by atoms with Gasteiger partial charge in [0.1, 0.15) is 23.0 Å². The highest BCUT2D eigenvalue weighted by molar-refractivity contribution is 5.91. The first-order chi connectivity index (χ1) is 25.5. The highest BCUT2D eigenvalue weighted by atomic mass is 16.5. The summed E-state index contributed by atoms with van der Waals surface area (Å²) in [6, 6.07) is 18.9. The molecule has 3 rings (SSSR count). The molecule has 0 saturated carbocycles. The minimum absolute atomic E-state index is 0.321. The van der Waals surface area contributed by atoms with Gasteiger partial charge in [-0.15, -0.1) is 0 Å². The first-order valence-electron chi connectivity index (χ1n) is 17.9. The number of hydrogen-bond donors (Lipinski definition) is 0. The Morgan fingerprint density at radius 2 is 1.06 bits per heavy atom. The van der Waals surface area contributed by atoms with Crippen molar-refractivity contribution >= 4 is 30.0 Å². The molecule has 3 aromatic carbocycles. The van der Waals surface area contributed by atoms with E-state index < -0.39 is 11.9 Å². The summed E-state index contributed by atoms with van der Waals surface area (Å²) < 4.78 is 32.8. The second-order valence-electron chi connectivity index (χ2n) is 12.5. The number of aryl methyl sites for hydroxylation is 1. The van der Waals surface area contributed by atoms with Gasteiger partial charge in [0, 0.05) is 17.2 Å². The van der Waals surface area contributed by atoms with Gasteiger partial charge in [0.25, 0.3) is 0 Å². The van der Waals surface area contributed by atoms with Gasteiger partial charge in [0.2, 0.25) is 0 Å². The van der Waals surface area contributed by atoms with Crippen molar-refractivity contribution in [1.29, 1.82) is 0 Å². The van der Waals surface area contributed by atoms with Gasteiger partial charge < -0.3 is 28.4 Å². The third-order valence-corrected chi connectivity index (χ3v) is 7.73. The molecule has 3 aromatic rings. The minimum atomic E-state index is -0.548. The maximum Gasteiger partial charge on any atom is 0.343 e. The lowest BCUT2D eigenvalue weighted by Crippen LogP contribution is -2.10. The molecular weight excluding hydrogens is 676 g/mol. The van der Waals surface area contributed by atoms with E-state index in [-0.39, 0.29) is 11.9 Å². The number of unbranched alkanes of at least 4 members (excludes halogenated alkanes) is 6. The van der Waals surface area contributed by atoms with Gasteiger partial charge >= 0.3 is 23.9 Å². The number of carbonyl (C=O) groups excluding carboxylic acids is 4. The second-order valence-corrected chi connectivity index (χ2v) is 12.5. The molecule has 0 bridgehead atoms. The van der Waals surface area contributed by atoms with Crippen molar-refractivity contribution in [2.45, 2.75) is 72.1 Å². The van der Waals surface area contributed by atoms with E-state index in [0.29, 0.717) is 65.9 Å². The van der Waals surface area contributed by atoms with Crippen LogP contribution in [0.3, 0.4) is 0 Å². The fourth-order valence-corrected chi connectivity index (χ4v) is 4.71. The van der Waals surface area contributed by atoms with Gasteiger partial charge in [0.15, 0.2) is 0 Å². The van der Waals surface area contributed by atoms with Crippen LogP contribution in [-0.2, 0) is 23.9 Å². The van der Waals surface area contributed by atoms with Crippen LogP contribution < -0.4 is 18.9 Å². The molecule has 0 aliphatic heterocycles. The Hall–Kier alpha value is -5.64. The lowest BCUT2D eigenvalue weighted by molar-refractivity contribution is -0.139. The highest BCUT2D eigenvalue weighted by Gasteiger charge is 2.12. The number of benzene rings is 3. The Morgan fingerprint density at radius 3 is 1.55 bits per heavy atom. The van der Waals surface area contributed by atoms with Crippen molar-refractivity contribution < 1.29 is 47.6 Å². The molecule has 0 amide bonds. The second kappa shape index (κ2) is 23.0. The van der Waals surface area contributed by atoms with E-state index in [1.807, 2.05) is 24.3 Å². The van der Waals surface area contributed by atoms with Crippen LogP contribution in [0.5, 0.6) is 23.0 Å². The van der Waals surface area contributed by atoms with Gasteiger partial charge in [-0.25, -0.2) is 19.2 Å². The lowest BCUT2D eigenvalue weighted by Gasteiger charge is -2.10. The molecular formula is C43H50O10. The third kappa shape index (κ3) is 16.5. The molecule has 0 aliphatic carbocycles. The molecule has 0 N–H and O–H groups in total. The van der Waals surface area contributed by atoms with E-state index in [0.717, 1.165) is 62.7 Å². The first kappa shape index (κ1) is 41.8. The summed E-state index contributed by atoms with van der Waals surface area (Å²) in [5, 5.41) is 0. The first-order valence-corrected chi connectivity index (χ1v) is 17.9. The molecule has 0 fully saturated rings. The number of ether oxygens (including phenoxy) is 6.